The summed E-state index contributed by atoms with van der Waals surface area (Å²) in [5.41, 5.74) is 1.62. The maximum atomic E-state index is 12.5. The summed E-state index contributed by atoms with van der Waals surface area (Å²) in [6.45, 7) is 3.34. The van der Waals surface area contributed by atoms with E-state index in [1.54, 1.807) is 19.9 Å². The molecule has 1 N–H and O–H groups in total. The number of nitrogens with one attached hydrogen (secondary N) is 1. The first-order valence-corrected chi connectivity index (χ1v) is 7.35. The molecule has 0 amide bonds. The number of H-pyrrole nitrogens is 1. The molecule has 0 unspecified atom stereocenters. The highest BCUT2D eigenvalue weighted by atomic mass is 32.1. The highest BCUT2D eigenvalue weighted by molar-refractivity contribution is 7.10. The molecule has 112 valence electrons. The fourth-order valence-corrected chi connectivity index (χ4v) is 2.84. The van der Waals surface area contributed by atoms with Gasteiger partial charge < -0.3 is 9.72 Å². The van der Waals surface area contributed by atoms with Gasteiger partial charge in [0.05, 0.1) is 18.4 Å². The van der Waals surface area contributed by atoms with Gasteiger partial charge in [0.1, 0.15) is 11.6 Å². The molecule has 5 nitrogen and oxygen atoms in total. The van der Waals surface area contributed by atoms with Gasteiger partial charge in [-0.2, -0.15) is 5.26 Å². The van der Waals surface area contributed by atoms with E-state index in [-0.39, 0.29) is 11.3 Å². The van der Waals surface area contributed by atoms with Crippen LogP contribution >= 0.6 is 11.3 Å². The first-order chi connectivity index (χ1) is 10.5. The van der Waals surface area contributed by atoms with Crippen LogP contribution < -0.4 is 0 Å². The van der Waals surface area contributed by atoms with Gasteiger partial charge in [0.15, 0.2) is 0 Å². The molecule has 0 radical (unpaired) electrons. The van der Waals surface area contributed by atoms with Crippen LogP contribution in [0.3, 0.4) is 0 Å². The van der Waals surface area contributed by atoms with E-state index >= 15 is 0 Å². The number of carbonyl (C=O) groups excluding carboxylic acids is 2. The van der Waals surface area contributed by atoms with Crippen LogP contribution in [-0.2, 0) is 4.74 Å². The lowest BCUT2D eigenvalue weighted by Gasteiger charge is -2.00. The molecule has 2 heterocycles. The number of ether oxygens (including phenoxy) is 1. The molecule has 0 fully saturated rings. The van der Waals surface area contributed by atoms with Crippen molar-refractivity contribution in [2.45, 2.75) is 13.8 Å². The van der Waals surface area contributed by atoms with Crippen molar-refractivity contribution in [2.75, 3.05) is 7.11 Å². The molecule has 2 rings (SSSR count). The molecule has 22 heavy (non-hydrogen) atoms. The fourth-order valence-electron chi connectivity index (χ4n) is 2.18. The molecule has 0 spiro atoms. The summed E-state index contributed by atoms with van der Waals surface area (Å²) >= 11 is 1.44. The highest BCUT2D eigenvalue weighted by Crippen LogP contribution is 2.22. The number of methoxy groups -OCH3 is 1. The number of Topliss-reactive ketones (excluding diaryl/α,β-unsaturated/α-hetero) is 1. The van der Waals surface area contributed by atoms with Crippen LogP contribution in [0.4, 0.5) is 0 Å². The Kier molecular flexibility index (Phi) is 4.59. The summed E-state index contributed by atoms with van der Waals surface area (Å²) in [7, 11) is 1.28. The smallest absolute Gasteiger partial charge is 0.339 e. The van der Waals surface area contributed by atoms with E-state index in [0.29, 0.717) is 16.8 Å². The number of hydrogen-bond acceptors (Lipinski definition) is 5. The van der Waals surface area contributed by atoms with Gasteiger partial charge in [-0.25, -0.2) is 4.79 Å². The van der Waals surface area contributed by atoms with Crippen molar-refractivity contribution in [1.29, 1.82) is 5.26 Å². The number of hydrogen-bond donors (Lipinski definition) is 1. The molecule has 0 aliphatic heterocycles. The van der Waals surface area contributed by atoms with Crippen LogP contribution in [0.2, 0.25) is 0 Å². The average molecular weight is 314 g/mol. The number of aryl methyl sites for hydroxylation is 1. The van der Waals surface area contributed by atoms with Crippen LogP contribution in [0.15, 0.2) is 23.1 Å². The van der Waals surface area contributed by atoms with Gasteiger partial charge in [-0.1, -0.05) is 6.07 Å². The van der Waals surface area contributed by atoms with E-state index < -0.39 is 11.8 Å². The molecule has 0 aliphatic carbocycles. The zero-order valence-electron chi connectivity index (χ0n) is 12.4. The summed E-state index contributed by atoms with van der Waals surface area (Å²) in [4.78, 5) is 28.0. The molecule has 0 aromatic carbocycles. The van der Waals surface area contributed by atoms with Gasteiger partial charge in [0.2, 0.25) is 5.78 Å². The van der Waals surface area contributed by atoms with Crippen molar-refractivity contribution in [3.8, 4) is 6.07 Å². The number of carbonyl (C=O) groups is 2. The van der Waals surface area contributed by atoms with Gasteiger partial charge in [-0.15, -0.1) is 11.3 Å². The lowest BCUT2D eigenvalue weighted by molar-refractivity contribution is 0.0599. The largest absolute Gasteiger partial charge is 0.465 e. The minimum atomic E-state index is -0.508. The Morgan fingerprint density at radius 2 is 2.14 bits per heavy atom. The predicted molar refractivity (Wildman–Crippen MR) is 83.8 cm³/mol. The highest BCUT2D eigenvalue weighted by Gasteiger charge is 2.24. The van der Waals surface area contributed by atoms with E-state index in [4.69, 9.17) is 4.74 Å². The maximum absolute atomic E-state index is 12.5. The van der Waals surface area contributed by atoms with Crippen LogP contribution in [0, 0.1) is 25.2 Å². The first kappa shape index (κ1) is 15.7. The van der Waals surface area contributed by atoms with Crippen LogP contribution in [0.5, 0.6) is 0 Å². The summed E-state index contributed by atoms with van der Waals surface area (Å²) in [5, 5.41) is 11.1. The summed E-state index contributed by atoms with van der Waals surface area (Å²) in [6, 6.07) is 5.58. The maximum Gasteiger partial charge on any atom is 0.339 e. The zero-order chi connectivity index (χ0) is 16.3. The van der Waals surface area contributed by atoms with Crippen molar-refractivity contribution >= 4 is 29.2 Å². The third kappa shape index (κ3) is 2.85. The monoisotopic (exact) mass is 314 g/mol. The Morgan fingerprint density at radius 3 is 2.68 bits per heavy atom. The van der Waals surface area contributed by atoms with Crippen molar-refractivity contribution in [3.05, 3.63) is 50.5 Å². The van der Waals surface area contributed by atoms with Crippen molar-refractivity contribution in [3.63, 3.8) is 0 Å². The number of ketones is 1. The van der Waals surface area contributed by atoms with Crippen LogP contribution in [0.25, 0.3) is 6.08 Å². The average Bonchev–Trinajstić information content (AvgIpc) is 3.11. The van der Waals surface area contributed by atoms with E-state index in [1.807, 2.05) is 23.6 Å². The van der Waals surface area contributed by atoms with Gasteiger partial charge in [0.25, 0.3) is 0 Å². The fraction of sp³-hybridized carbons (Fsp3) is 0.188. The minimum absolute atomic E-state index is 0.0169. The second kappa shape index (κ2) is 6.41. The van der Waals surface area contributed by atoms with E-state index in [1.165, 1.54) is 18.4 Å². The molecule has 0 saturated carbocycles. The van der Waals surface area contributed by atoms with Crippen molar-refractivity contribution in [1.82, 2.24) is 4.98 Å². The van der Waals surface area contributed by atoms with Gasteiger partial charge in [-0.3, -0.25) is 4.79 Å². The van der Waals surface area contributed by atoms with Gasteiger partial charge in [0, 0.05) is 10.6 Å². The third-order valence-corrected chi connectivity index (χ3v) is 4.07. The van der Waals surface area contributed by atoms with Crippen molar-refractivity contribution in [2.24, 2.45) is 0 Å². The Balaban J connectivity index is 2.46. The normalized spacial score (nSPS) is 11.1. The minimum Gasteiger partial charge on any atom is -0.465 e. The number of nitriles is 1. The predicted octanol–water partition coefficient (Wildman–Crippen LogP) is 3.27. The Hall–Kier alpha value is -2.65. The molecule has 0 bridgehead atoms. The third-order valence-electron chi connectivity index (χ3n) is 3.25. The Bertz CT molecular complexity index is 792. The number of allylic oxidation sites excluding steroid dienone is 1. The second-order valence-electron chi connectivity index (χ2n) is 4.63. The number of nitrogens with zero attached hydrogens (tertiary/aromatic N) is 1. The van der Waals surface area contributed by atoms with Gasteiger partial charge >= 0.3 is 5.97 Å². The molecule has 2 aromatic rings. The quantitative estimate of drug-likeness (QED) is 0.406. The molecule has 0 atom stereocenters. The topological polar surface area (TPSA) is 83.0 Å². The summed E-state index contributed by atoms with van der Waals surface area (Å²) < 4.78 is 4.71. The number of thiophene rings is 1. The SMILES string of the molecule is COC(=O)c1c(C)[nH]c(C(=O)/C(C#N)=C/c2cccs2)c1C. The molecule has 6 heteroatoms. The first-order valence-electron chi connectivity index (χ1n) is 6.47. The Labute approximate surface area is 131 Å². The second-order valence-corrected chi connectivity index (χ2v) is 5.61. The van der Waals surface area contributed by atoms with Crippen LogP contribution in [0.1, 0.15) is 37.0 Å². The van der Waals surface area contributed by atoms with E-state index in [0.717, 1.165) is 4.88 Å². The van der Waals surface area contributed by atoms with Crippen molar-refractivity contribution < 1.29 is 14.3 Å². The van der Waals surface area contributed by atoms with E-state index in [9.17, 15) is 14.9 Å². The number of aromatic amines is 1. The Morgan fingerprint density at radius 1 is 1.41 bits per heavy atom. The summed E-state index contributed by atoms with van der Waals surface area (Å²) in [5.74, 6) is -0.947. The lowest BCUT2D eigenvalue weighted by atomic mass is 10.0. The van der Waals surface area contributed by atoms with Crippen LogP contribution in [-0.4, -0.2) is 23.8 Å². The molecule has 0 saturated heterocycles. The molecular weight excluding hydrogens is 300 g/mol. The standard InChI is InChI=1S/C16H14N2O3S/c1-9-13(16(20)21-3)10(2)18-14(9)15(19)11(8-17)7-12-5-4-6-22-12/h4-7,18H,1-3H3/b11-7+. The summed E-state index contributed by atoms with van der Waals surface area (Å²) in [6.07, 6.45) is 1.54. The van der Waals surface area contributed by atoms with Gasteiger partial charge in [-0.05, 0) is 36.9 Å². The number of rotatable bonds is 4. The lowest BCUT2D eigenvalue weighted by Crippen LogP contribution is -2.06. The molecule has 0 aliphatic rings. The molecular formula is C16H14N2O3S. The number of esters is 1. The zero-order valence-corrected chi connectivity index (χ0v) is 13.2. The number of aromatic nitrogens is 1. The molecule has 2 aromatic heterocycles. The van der Waals surface area contributed by atoms with E-state index in [2.05, 4.69) is 4.98 Å².